The molecule has 0 saturated heterocycles. The third-order valence-corrected chi connectivity index (χ3v) is 4.06. The number of nitrogens with one attached hydrogen (secondary N) is 1. The molecule has 0 bridgehead atoms. The number of aromatic nitrogens is 2. The molecule has 0 aliphatic carbocycles. The number of halogens is 5. The Morgan fingerprint density at radius 2 is 1.59 bits per heavy atom. The van der Waals surface area contributed by atoms with Gasteiger partial charge in [0.2, 0.25) is 0 Å². The van der Waals surface area contributed by atoms with Crippen molar-refractivity contribution in [3.05, 3.63) is 59.0 Å². The van der Waals surface area contributed by atoms with Crippen LogP contribution >= 0.6 is 0 Å². The maximum Gasteiger partial charge on any atom is 0.152 e. The van der Waals surface area contributed by atoms with Crippen LogP contribution in [0.15, 0.2) is 24.3 Å². The number of aryl methyl sites for hydroxylation is 2. The summed E-state index contributed by atoms with van der Waals surface area (Å²) < 4.78 is 76.9. The van der Waals surface area contributed by atoms with Crippen molar-refractivity contribution in [3.8, 4) is 29.2 Å². The Kier molecular flexibility index (Phi) is 5.46. The third-order valence-electron chi connectivity index (χ3n) is 4.06. The first-order valence-electron chi connectivity index (χ1n) is 8.23. The minimum atomic E-state index is -1.22. The van der Waals surface area contributed by atoms with Gasteiger partial charge in [-0.25, -0.2) is 22.0 Å². The molecule has 9 heteroatoms. The maximum absolute atomic E-state index is 14.7. The van der Waals surface area contributed by atoms with E-state index >= 15 is 0 Å². The molecule has 0 spiro atoms. The molecule has 1 aromatic heterocycles. The minimum absolute atomic E-state index is 0.0610. The zero-order chi connectivity index (χ0) is 21.3. The summed E-state index contributed by atoms with van der Waals surface area (Å²) >= 11 is 0. The van der Waals surface area contributed by atoms with Crippen molar-refractivity contribution in [2.45, 2.75) is 6.92 Å². The van der Waals surface area contributed by atoms with E-state index < -0.39 is 40.3 Å². The van der Waals surface area contributed by atoms with Crippen LogP contribution in [-0.4, -0.2) is 16.4 Å². The molecule has 150 valence electrons. The van der Waals surface area contributed by atoms with Gasteiger partial charge in [0, 0.05) is 31.3 Å². The number of hydrogen-bond acceptors (Lipinski definition) is 3. The molecule has 4 nitrogen and oxygen atoms in total. The number of hydrogen-bond donors (Lipinski definition) is 1. The highest BCUT2D eigenvalue weighted by Gasteiger charge is 2.24. The van der Waals surface area contributed by atoms with Gasteiger partial charge in [-0.05, 0) is 6.92 Å². The van der Waals surface area contributed by atoms with E-state index in [4.69, 9.17) is 11.2 Å². The van der Waals surface area contributed by atoms with Gasteiger partial charge in [-0.3, -0.25) is 4.68 Å². The Morgan fingerprint density at radius 1 is 1.00 bits per heavy atom. The molecule has 0 atom stereocenters. The van der Waals surface area contributed by atoms with Crippen LogP contribution < -0.4 is 10.1 Å². The Labute approximate surface area is 162 Å². The molecule has 1 N–H and O–H groups in total. The number of nitrogens with zero attached hydrogens (tertiary/aromatic N) is 2. The standard InChI is InChI=1S/C20H14F5N3O/c1-4-5-29-12-8-13(22)18(14(23)9-12)17-10(2)27-28(3)20(17)26-19-15(24)6-11(21)7-16(19)25/h1,6-9,26H,5H2,2-3H3. The second-order valence-corrected chi connectivity index (χ2v) is 6.06. The van der Waals surface area contributed by atoms with E-state index in [0.717, 1.165) is 16.8 Å². The zero-order valence-electron chi connectivity index (χ0n) is 15.3. The van der Waals surface area contributed by atoms with Gasteiger partial charge in [0.25, 0.3) is 0 Å². The van der Waals surface area contributed by atoms with Gasteiger partial charge in [-0.1, -0.05) is 5.92 Å². The summed E-state index contributed by atoms with van der Waals surface area (Å²) in [6.07, 6.45) is 5.06. The maximum atomic E-state index is 14.7. The highest BCUT2D eigenvalue weighted by molar-refractivity contribution is 5.82. The SMILES string of the molecule is C#CCOc1cc(F)c(-c2c(C)nn(C)c2Nc2c(F)cc(F)cc2F)c(F)c1. The van der Waals surface area contributed by atoms with Crippen LogP contribution in [0.1, 0.15) is 5.69 Å². The third kappa shape index (κ3) is 3.87. The molecule has 3 rings (SSSR count). The predicted molar refractivity (Wildman–Crippen MR) is 97.2 cm³/mol. The van der Waals surface area contributed by atoms with Crippen LogP contribution in [0, 0.1) is 48.4 Å². The van der Waals surface area contributed by atoms with Gasteiger partial charge in [0.05, 0.1) is 16.8 Å². The first kappa shape index (κ1) is 20.2. The molecular formula is C20H14F5N3O. The molecule has 0 aliphatic rings. The molecule has 29 heavy (non-hydrogen) atoms. The van der Waals surface area contributed by atoms with E-state index in [1.807, 2.05) is 0 Å². The predicted octanol–water partition coefficient (Wildman–Crippen LogP) is 4.85. The van der Waals surface area contributed by atoms with E-state index in [2.05, 4.69) is 16.3 Å². The summed E-state index contributed by atoms with van der Waals surface area (Å²) in [7, 11) is 1.42. The van der Waals surface area contributed by atoms with Crippen molar-refractivity contribution in [1.29, 1.82) is 0 Å². The number of terminal acetylenes is 1. The lowest BCUT2D eigenvalue weighted by Gasteiger charge is -2.13. The second kappa shape index (κ2) is 7.83. The molecule has 0 unspecified atom stereocenters. The van der Waals surface area contributed by atoms with Crippen LogP contribution in [0.2, 0.25) is 0 Å². The molecule has 2 aromatic carbocycles. The van der Waals surface area contributed by atoms with Crippen molar-refractivity contribution in [3.63, 3.8) is 0 Å². The average Bonchev–Trinajstić information content (AvgIpc) is 2.89. The van der Waals surface area contributed by atoms with Crippen molar-refractivity contribution >= 4 is 11.5 Å². The van der Waals surface area contributed by atoms with E-state index in [1.54, 1.807) is 0 Å². The summed E-state index contributed by atoms with van der Waals surface area (Å²) in [5.74, 6) is -3.55. The molecule has 0 aliphatic heterocycles. The normalized spacial score (nSPS) is 10.7. The van der Waals surface area contributed by atoms with Crippen molar-refractivity contribution in [1.82, 2.24) is 9.78 Å². The number of ether oxygens (including phenoxy) is 1. The number of anilines is 2. The van der Waals surface area contributed by atoms with Crippen molar-refractivity contribution in [2.24, 2.45) is 7.05 Å². The highest BCUT2D eigenvalue weighted by Crippen LogP contribution is 2.38. The van der Waals surface area contributed by atoms with Crippen LogP contribution in [0.4, 0.5) is 33.5 Å². The summed E-state index contributed by atoms with van der Waals surface area (Å²) in [5.41, 5.74) is -1.04. The first-order valence-corrected chi connectivity index (χ1v) is 8.23. The summed E-state index contributed by atoms with van der Waals surface area (Å²) in [4.78, 5) is 0. The molecule has 1 heterocycles. The number of benzene rings is 2. The van der Waals surface area contributed by atoms with Gasteiger partial charge < -0.3 is 10.1 Å². The van der Waals surface area contributed by atoms with Gasteiger partial charge >= 0.3 is 0 Å². The van der Waals surface area contributed by atoms with Gasteiger partial charge in [0.15, 0.2) is 11.6 Å². The van der Waals surface area contributed by atoms with Crippen LogP contribution in [0.25, 0.3) is 11.1 Å². The van der Waals surface area contributed by atoms with E-state index in [-0.39, 0.29) is 29.4 Å². The molecule has 3 aromatic rings. The average molecular weight is 407 g/mol. The Hall–Kier alpha value is -3.54. The zero-order valence-corrected chi connectivity index (χ0v) is 15.3. The molecule has 0 amide bonds. The van der Waals surface area contributed by atoms with Gasteiger partial charge in [-0.2, -0.15) is 5.10 Å². The monoisotopic (exact) mass is 407 g/mol. The van der Waals surface area contributed by atoms with Crippen LogP contribution in [0.3, 0.4) is 0 Å². The largest absolute Gasteiger partial charge is 0.481 e. The van der Waals surface area contributed by atoms with Gasteiger partial charge in [-0.15, -0.1) is 6.42 Å². The highest BCUT2D eigenvalue weighted by atomic mass is 19.2. The Morgan fingerprint density at radius 3 is 2.14 bits per heavy atom. The summed E-state index contributed by atoms with van der Waals surface area (Å²) in [6.45, 7) is 1.29. The molecular weight excluding hydrogens is 393 g/mol. The molecule has 0 fully saturated rings. The lowest BCUT2D eigenvalue weighted by atomic mass is 10.0. The molecule has 0 saturated carbocycles. The lowest BCUT2D eigenvalue weighted by Crippen LogP contribution is -2.05. The summed E-state index contributed by atoms with van der Waals surface area (Å²) in [6, 6.07) is 2.83. The fourth-order valence-electron chi connectivity index (χ4n) is 2.88. The smallest absolute Gasteiger partial charge is 0.152 e. The number of rotatable bonds is 5. The van der Waals surface area contributed by atoms with Crippen molar-refractivity contribution in [2.75, 3.05) is 11.9 Å². The first-order chi connectivity index (χ1) is 13.7. The Balaban J connectivity index is 2.13. The quantitative estimate of drug-likeness (QED) is 0.486. The van der Waals surface area contributed by atoms with Crippen LogP contribution in [0.5, 0.6) is 5.75 Å². The van der Waals surface area contributed by atoms with Crippen LogP contribution in [-0.2, 0) is 7.05 Å². The van der Waals surface area contributed by atoms with Crippen molar-refractivity contribution < 1.29 is 26.7 Å². The van der Waals surface area contributed by atoms with Gasteiger partial charge in [0.1, 0.15) is 41.3 Å². The Bertz CT molecular complexity index is 1090. The van der Waals surface area contributed by atoms with E-state index in [0.29, 0.717) is 12.1 Å². The van der Waals surface area contributed by atoms with E-state index in [1.165, 1.54) is 14.0 Å². The minimum Gasteiger partial charge on any atom is -0.481 e. The second-order valence-electron chi connectivity index (χ2n) is 6.06. The summed E-state index contributed by atoms with van der Waals surface area (Å²) in [5, 5.41) is 6.48. The lowest BCUT2D eigenvalue weighted by molar-refractivity contribution is 0.365. The fourth-order valence-corrected chi connectivity index (χ4v) is 2.88. The fraction of sp³-hybridized carbons (Fsp3) is 0.150. The van der Waals surface area contributed by atoms with E-state index in [9.17, 15) is 22.0 Å². The molecule has 0 radical (unpaired) electrons. The topological polar surface area (TPSA) is 39.1 Å².